The number of thiazole rings is 1. The number of carbonyl (C=O) groups is 1. The van der Waals surface area contributed by atoms with Gasteiger partial charge in [0, 0.05) is 38.1 Å². The molecule has 118 valence electrons. The molecule has 0 aliphatic carbocycles. The predicted molar refractivity (Wildman–Crippen MR) is 82.6 cm³/mol. The number of amides is 2. The van der Waals surface area contributed by atoms with Crippen molar-refractivity contribution in [2.24, 2.45) is 0 Å². The second kappa shape index (κ2) is 5.79. The molecule has 3 rings (SSSR count). The third-order valence-corrected chi connectivity index (χ3v) is 4.34. The van der Waals surface area contributed by atoms with Gasteiger partial charge in [-0.1, -0.05) is 11.3 Å². The standard InChI is InChI=1S/C12H16N6O3S/c1-2-13-11(19)16-5-3-15(4-6-16)9-10(18(20)21)17-7-8-22-12(17)14-9/h7-8H,2-6H2,1H3,(H,13,19). The van der Waals surface area contributed by atoms with E-state index in [0.29, 0.717) is 43.5 Å². The van der Waals surface area contributed by atoms with Gasteiger partial charge >= 0.3 is 11.8 Å². The SMILES string of the molecule is CCNC(=O)N1CCN(c2nc3sccn3c2[N+](=O)[O-])CC1. The molecule has 10 heteroatoms. The fourth-order valence-electron chi connectivity index (χ4n) is 2.53. The van der Waals surface area contributed by atoms with Crippen LogP contribution in [0.2, 0.25) is 0 Å². The predicted octanol–water partition coefficient (Wildman–Crippen LogP) is 1.16. The lowest BCUT2D eigenvalue weighted by Gasteiger charge is -2.34. The minimum absolute atomic E-state index is 0.0114. The van der Waals surface area contributed by atoms with Crippen molar-refractivity contribution in [1.29, 1.82) is 0 Å². The van der Waals surface area contributed by atoms with Gasteiger partial charge in [-0.05, 0) is 11.8 Å². The van der Waals surface area contributed by atoms with E-state index in [0.717, 1.165) is 0 Å². The smallest absolute Gasteiger partial charge is 0.358 e. The number of rotatable bonds is 3. The second-order valence-corrected chi connectivity index (χ2v) is 5.75. The molecule has 22 heavy (non-hydrogen) atoms. The number of anilines is 1. The van der Waals surface area contributed by atoms with Crippen LogP contribution in [0.15, 0.2) is 11.6 Å². The van der Waals surface area contributed by atoms with Gasteiger partial charge < -0.3 is 25.2 Å². The highest BCUT2D eigenvalue weighted by Gasteiger charge is 2.30. The summed E-state index contributed by atoms with van der Waals surface area (Å²) in [4.78, 5) is 31.3. The molecule has 1 saturated heterocycles. The van der Waals surface area contributed by atoms with E-state index in [9.17, 15) is 14.9 Å². The fraction of sp³-hybridized carbons (Fsp3) is 0.500. The van der Waals surface area contributed by atoms with Gasteiger partial charge in [0.2, 0.25) is 5.82 Å². The van der Waals surface area contributed by atoms with Crippen molar-refractivity contribution in [3.63, 3.8) is 0 Å². The minimum atomic E-state index is -0.405. The van der Waals surface area contributed by atoms with Crippen LogP contribution in [-0.2, 0) is 0 Å². The Bertz CT molecular complexity index is 703. The zero-order valence-corrected chi connectivity index (χ0v) is 12.9. The number of urea groups is 1. The van der Waals surface area contributed by atoms with Gasteiger partial charge in [0.25, 0.3) is 4.96 Å². The Hall–Kier alpha value is -2.36. The molecular weight excluding hydrogens is 308 g/mol. The molecule has 2 aromatic rings. The number of nitro groups is 1. The summed E-state index contributed by atoms with van der Waals surface area (Å²) in [6.07, 6.45) is 1.65. The third-order valence-electron chi connectivity index (χ3n) is 3.59. The molecule has 2 amide bonds. The zero-order valence-electron chi connectivity index (χ0n) is 12.1. The molecule has 0 aromatic carbocycles. The number of hydrogen-bond donors (Lipinski definition) is 1. The van der Waals surface area contributed by atoms with Gasteiger partial charge in [-0.15, -0.1) is 0 Å². The van der Waals surface area contributed by atoms with Gasteiger partial charge in [0.15, 0.2) is 0 Å². The first-order valence-electron chi connectivity index (χ1n) is 6.99. The van der Waals surface area contributed by atoms with Crippen LogP contribution < -0.4 is 10.2 Å². The molecule has 0 atom stereocenters. The van der Waals surface area contributed by atoms with Crippen LogP contribution in [0, 0.1) is 10.1 Å². The molecule has 3 heterocycles. The van der Waals surface area contributed by atoms with Crippen LogP contribution in [0.3, 0.4) is 0 Å². The third kappa shape index (κ3) is 2.45. The Kier molecular flexibility index (Phi) is 3.84. The number of imidazole rings is 1. The lowest BCUT2D eigenvalue weighted by atomic mass is 10.3. The highest BCUT2D eigenvalue weighted by atomic mass is 32.1. The summed E-state index contributed by atoms with van der Waals surface area (Å²) in [5.41, 5.74) is 0. The first-order chi connectivity index (χ1) is 10.6. The number of nitrogens with one attached hydrogen (secondary N) is 1. The molecule has 1 N–H and O–H groups in total. The van der Waals surface area contributed by atoms with Crippen molar-refractivity contribution in [2.75, 3.05) is 37.6 Å². The first-order valence-corrected chi connectivity index (χ1v) is 7.87. The summed E-state index contributed by atoms with van der Waals surface area (Å²) >= 11 is 1.36. The van der Waals surface area contributed by atoms with Crippen molar-refractivity contribution < 1.29 is 9.72 Å². The van der Waals surface area contributed by atoms with Crippen molar-refractivity contribution >= 4 is 34.0 Å². The van der Waals surface area contributed by atoms with Crippen molar-refractivity contribution in [3.8, 4) is 0 Å². The second-order valence-electron chi connectivity index (χ2n) is 4.88. The lowest BCUT2D eigenvalue weighted by Crippen LogP contribution is -2.52. The summed E-state index contributed by atoms with van der Waals surface area (Å²) in [5.74, 6) is 0.370. The largest absolute Gasteiger partial charge is 0.373 e. The molecule has 1 aliphatic heterocycles. The molecule has 0 bridgehead atoms. The van der Waals surface area contributed by atoms with Crippen molar-refractivity contribution in [3.05, 3.63) is 21.7 Å². The number of fused-ring (bicyclic) bond motifs is 1. The van der Waals surface area contributed by atoms with Crippen LogP contribution in [0.5, 0.6) is 0 Å². The first kappa shape index (κ1) is 14.6. The zero-order chi connectivity index (χ0) is 15.7. The maximum atomic E-state index is 11.8. The van der Waals surface area contributed by atoms with E-state index in [1.54, 1.807) is 16.5 Å². The number of hydrogen-bond acceptors (Lipinski definition) is 6. The highest BCUT2D eigenvalue weighted by Crippen LogP contribution is 2.31. The van der Waals surface area contributed by atoms with Crippen molar-refractivity contribution in [2.45, 2.75) is 6.92 Å². The summed E-state index contributed by atoms with van der Waals surface area (Å²) < 4.78 is 1.50. The molecule has 0 spiro atoms. The van der Waals surface area contributed by atoms with Gasteiger partial charge in [0.05, 0.1) is 0 Å². The van der Waals surface area contributed by atoms with E-state index < -0.39 is 4.92 Å². The number of aromatic nitrogens is 2. The Balaban J connectivity index is 1.79. The van der Waals surface area contributed by atoms with Gasteiger partial charge in [-0.25, -0.2) is 4.79 Å². The topological polar surface area (TPSA) is 96.0 Å². The Morgan fingerprint density at radius 3 is 2.82 bits per heavy atom. The Morgan fingerprint density at radius 2 is 2.18 bits per heavy atom. The van der Waals surface area contributed by atoms with Gasteiger partial charge in [-0.3, -0.25) is 0 Å². The molecule has 2 aromatic heterocycles. The monoisotopic (exact) mass is 324 g/mol. The minimum Gasteiger partial charge on any atom is -0.358 e. The normalized spacial score (nSPS) is 15.3. The number of nitrogens with zero attached hydrogens (tertiary/aromatic N) is 5. The maximum absolute atomic E-state index is 11.8. The summed E-state index contributed by atoms with van der Waals surface area (Å²) in [6, 6.07) is -0.0949. The summed E-state index contributed by atoms with van der Waals surface area (Å²) in [5, 5.41) is 15.9. The molecule has 0 unspecified atom stereocenters. The van der Waals surface area contributed by atoms with Crippen LogP contribution in [0.4, 0.5) is 16.4 Å². The van der Waals surface area contributed by atoms with E-state index in [1.165, 1.54) is 15.7 Å². The van der Waals surface area contributed by atoms with Crippen LogP contribution in [-0.4, -0.2) is 58.0 Å². The van der Waals surface area contributed by atoms with E-state index >= 15 is 0 Å². The lowest BCUT2D eigenvalue weighted by molar-refractivity contribution is -0.389. The Morgan fingerprint density at radius 1 is 1.45 bits per heavy atom. The molecule has 0 radical (unpaired) electrons. The quantitative estimate of drug-likeness (QED) is 0.675. The number of carbonyl (C=O) groups excluding carboxylic acids is 1. The van der Waals surface area contributed by atoms with Crippen LogP contribution in [0.25, 0.3) is 4.96 Å². The van der Waals surface area contributed by atoms with Crippen LogP contribution in [0.1, 0.15) is 6.92 Å². The molecule has 9 nitrogen and oxygen atoms in total. The van der Waals surface area contributed by atoms with E-state index in [2.05, 4.69) is 10.3 Å². The highest BCUT2D eigenvalue weighted by molar-refractivity contribution is 7.15. The number of piperazine rings is 1. The summed E-state index contributed by atoms with van der Waals surface area (Å²) in [6.45, 7) is 4.56. The molecular formula is C12H16N6O3S. The van der Waals surface area contributed by atoms with Gasteiger partial charge in [-0.2, -0.15) is 9.38 Å². The van der Waals surface area contributed by atoms with Crippen molar-refractivity contribution in [1.82, 2.24) is 19.6 Å². The van der Waals surface area contributed by atoms with Gasteiger partial charge in [0.1, 0.15) is 6.20 Å². The average Bonchev–Trinajstić information content (AvgIpc) is 3.07. The fourth-order valence-corrected chi connectivity index (χ4v) is 3.23. The van der Waals surface area contributed by atoms with E-state index in [-0.39, 0.29) is 11.8 Å². The molecule has 1 aliphatic rings. The summed E-state index contributed by atoms with van der Waals surface area (Å²) in [7, 11) is 0. The Labute approximate surface area is 130 Å². The molecule has 1 fully saturated rings. The molecule has 0 saturated carbocycles. The van der Waals surface area contributed by atoms with E-state index in [4.69, 9.17) is 0 Å². The van der Waals surface area contributed by atoms with E-state index in [1.807, 2.05) is 11.8 Å². The maximum Gasteiger partial charge on any atom is 0.373 e. The van der Waals surface area contributed by atoms with Crippen LogP contribution >= 0.6 is 11.3 Å². The average molecular weight is 324 g/mol.